The normalized spacial score (nSPS) is 19.4. The fraction of sp³-hybridized carbons (Fsp3) is 0.300. The van der Waals surface area contributed by atoms with Crippen LogP contribution in [0.5, 0.6) is 5.75 Å². The van der Waals surface area contributed by atoms with Crippen molar-refractivity contribution in [3.05, 3.63) is 28.3 Å². The Balaban J connectivity index is 2.43. The zero-order valence-corrected chi connectivity index (χ0v) is 10.9. The topological polar surface area (TPSA) is 144 Å². The summed E-state index contributed by atoms with van der Waals surface area (Å²) >= 11 is 0. The van der Waals surface area contributed by atoms with Gasteiger partial charge in [0.25, 0.3) is 5.69 Å². The van der Waals surface area contributed by atoms with Crippen LogP contribution in [0.1, 0.15) is 6.42 Å². The number of nitrogens with zero attached hydrogens (tertiary/aromatic N) is 2. The smallest absolute Gasteiger partial charge is 0.296 e. The van der Waals surface area contributed by atoms with Gasteiger partial charge in [0.2, 0.25) is 15.9 Å². The number of phenols is 1. The second kappa shape index (κ2) is 4.72. The molecule has 9 nitrogen and oxygen atoms in total. The molecule has 1 saturated heterocycles. The molecule has 1 fully saturated rings. The highest BCUT2D eigenvalue weighted by atomic mass is 32.2. The summed E-state index contributed by atoms with van der Waals surface area (Å²) in [6.45, 7) is -0.247. The van der Waals surface area contributed by atoms with Crippen molar-refractivity contribution in [1.82, 2.24) is 0 Å². The lowest BCUT2D eigenvalue weighted by Gasteiger charge is -2.16. The van der Waals surface area contributed by atoms with Crippen LogP contribution in [-0.2, 0) is 14.8 Å². The van der Waals surface area contributed by atoms with E-state index in [2.05, 4.69) is 0 Å². The Morgan fingerprint density at radius 2 is 2.10 bits per heavy atom. The number of hydrogen-bond acceptors (Lipinski definition) is 6. The second-order valence-electron chi connectivity index (χ2n) is 4.35. The SMILES string of the molecule is NS(=O)(=O)C1CC(=O)N(c2ccc(O)cc2[N+](=O)[O-])C1. The van der Waals surface area contributed by atoms with E-state index in [0.29, 0.717) is 0 Å². The van der Waals surface area contributed by atoms with Crippen LogP contribution in [-0.4, -0.2) is 36.1 Å². The molecule has 0 spiro atoms. The van der Waals surface area contributed by atoms with Crippen LogP contribution in [0.2, 0.25) is 0 Å². The van der Waals surface area contributed by atoms with Crippen molar-refractivity contribution in [2.45, 2.75) is 11.7 Å². The third kappa shape index (κ3) is 2.56. The number of anilines is 1. The Bertz CT molecular complexity index is 686. The van der Waals surface area contributed by atoms with Gasteiger partial charge in [0, 0.05) is 13.0 Å². The van der Waals surface area contributed by atoms with Gasteiger partial charge in [-0.15, -0.1) is 0 Å². The Kier molecular flexibility index (Phi) is 3.36. The zero-order chi connectivity index (χ0) is 15.1. The van der Waals surface area contributed by atoms with Gasteiger partial charge < -0.3 is 10.0 Å². The quantitative estimate of drug-likeness (QED) is 0.579. The monoisotopic (exact) mass is 301 g/mol. The molecule has 1 amide bonds. The number of nitro benzene ring substituents is 1. The van der Waals surface area contributed by atoms with Gasteiger partial charge in [-0.1, -0.05) is 0 Å². The first-order chi connectivity index (χ1) is 9.20. The molecule has 0 aliphatic carbocycles. The predicted molar refractivity (Wildman–Crippen MR) is 68.6 cm³/mol. The first-order valence-electron chi connectivity index (χ1n) is 5.49. The summed E-state index contributed by atoms with van der Waals surface area (Å²) in [4.78, 5) is 23.0. The molecular weight excluding hydrogens is 290 g/mol. The average Bonchev–Trinajstić information content (AvgIpc) is 2.71. The highest BCUT2D eigenvalue weighted by Gasteiger charge is 2.39. The van der Waals surface area contributed by atoms with E-state index in [-0.39, 0.29) is 24.4 Å². The first kappa shape index (κ1) is 14.2. The first-order valence-corrected chi connectivity index (χ1v) is 7.10. The number of nitro groups is 1. The van der Waals surface area contributed by atoms with Crippen molar-refractivity contribution in [2.24, 2.45) is 5.14 Å². The zero-order valence-electron chi connectivity index (χ0n) is 10.1. The summed E-state index contributed by atoms with van der Waals surface area (Å²) in [5, 5.41) is 24.1. The molecule has 0 saturated carbocycles. The van der Waals surface area contributed by atoms with E-state index in [1.54, 1.807) is 0 Å². The van der Waals surface area contributed by atoms with E-state index in [0.717, 1.165) is 11.0 Å². The van der Waals surface area contributed by atoms with E-state index in [4.69, 9.17) is 5.14 Å². The number of nitrogens with two attached hydrogens (primary N) is 1. The van der Waals surface area contributed by atoms with Gasteiger partial charge >= 0.3 is 0 Å². The summed E-state index contributed by atoms with van der Waals surface area (Å²) in [6.07, 6.45) is -0.323. The van der Waals surface area contributed by atoms with Crippen LogP contribution >= 0.6 is 0 Å². The molecule has 0 bridgehead atoms. The lowest BCUT2D eigenvalue weighted by Crippen LogP contribution is -2.32. The number of rotatable bonds is 3. The van der Waals surface area contributed by atoms with Gasteiger partial charge in [-0.25, -0.2) is 13.6 Å². The average molecular weight is 301 g/mol. The van der Waals surface area contributed by atoms with E-state index < -0.39 is 31.8 Å². The van der Waals surface area contributed by atoms with Crippen molar-refractivity contribution in [1.29, 1.82) is 0 Å². The van der Waals surface area contributed by atoms with E-state index >= 15 is 0 Å². The van der Waals surface area contributed by atoms with Gasteiger partial charge in [0.1, 0.15) is 16.7 Å². The number of primary sulfonamides is 1. The van der Waals surface area contributed by atoms with Crippen LogP contribution in [0.25, 0.3) is 0 Å². The minimum atomic E-state index is -3.90. The maximum Gasteiger partial charge on any atom is 0.296 e. The number of aromatic hydroxyl groups is 1. The van der Waals surface area contributed by atoms with Gasteiger partial charge in [0.05, 0.1) is 11.0 Å². The summed E-state index contributed by atoms with van der Waals surface area (Å²) in [6, 6.07) is 3.27. The Labute approximate surface area is 113 Å². The maximum absolute atomic E-state index is 11.8. The molecule has 0 radical (unpaired) electrons. The third-order valence-corrected chi connectivity index (χ3v) is 4.25. The summed E-state index contributed by atoms with van der Waals surface area (Å²) in [5.74, 6) is -0.895. The number of sulfonamides is 1. The van der Waals surface area contributed by atoms with Crippen LogP contribution in [0.4, 0.5) is 11.4 Å². The fourth-order valence-electron chi connectivity index (χ4n) is 2.01. The molecule has 3 N–H and O–H groups in total. The number of amides is 1. The lowest BCUT2D eigenvalue weighted by atomic mass is 10.2. The van der Waals surface area contributed by atoms with Crippen molar-refractivity contribution in [3.63, 3.8) is 0 Å². The van der Waals surface area contributed by atoms with Crippen molar-refractivity contribution < 1.29 is 23.2 Å². The molecular formula is C10H11N3O6S. The number of carbonyl (C=O) groups is 1. The van der Waals surface area contributed by atoms with Crippen LogP contribution in [0.15, 0.2) is 18.2 Å². The lowest BCUT2D eigenvalue weighted by molar-refractivity contribution is -0.384. The highest BCUT2D eigenvalue weighted by Crippen LogP contribution is 2.34. The van der Waals surface area contributed by atoms with Crippen molar-refractivity contribution >= 4 is 27.3 Å². The molecule has 1 aliphatic heterocycles. The largest absolute Gasteiger partial charge is 0.508 e. The van der Waals surface area contributed by atoms with Crippen LogP contribution < -0.4 is 10.0 Å². The van der Waals surface area contributed by atoms with Crippen molar-refractivity contribution in [2.75, 3.05) is 11.4 Å². The van der Waals surface area contributed by atoms with Crippen molar-refractivity contribution in [3.8, 4) is 5.75 Å². The molecule has 1 aromatic carbocycles. The van der Waals surface area contributed by atoms with Gasteiger partial charge in [-0.2, -0.15) is 0 Å². The molecule has 1 unspecified atom stereocenters. The van der Waals surface area contributed by atoms with Gasteiger partial charge in [-0.3, -0.25) is 14.9 Å². The highest BCUT2D eigenvalue weighted by molar-refractivity contribution is 7.89. The summed E-state index contributed by atoms with van der Waals surface area (Å²) < 4.78 is 22.5. The van der Waals surface area contributed by atoms with Gasteiger partial charge in [0.15, 0.2) is 0 Å². The molecule has 1 atom stereocenters. The van der Waals surface area contributed by atoms with Crippen LogP contribution in [0.3, 0.4) is 0 Å². The van der Waals surface area contributed by atoms with E-state index in [1.807, 2.05) is 0 Å². The maximum atomic E-state index is 11.8. The minimum Gasteiger partial charge on any atom is -0.508 e. The minimum absolute atomic E-state index is 0.0658. The van der Waals surface area contributed by atoms with E-state index in [9.17, 15) is 28.4 Å². The number of benzene rings is 1. The molecule has 1 heterocycles. The summed E-state index contributed by atoms with van der Waals surface area (Å²) in [7, 11) is -3.90. The van der Waals surface area contributed by atoms with Crippen LogP contribution in [0, 0.1) is 10.1 Å². The molecule has 108 valence electrons. The number of hydrogen-bond donors (Lipinski definition) is 2. The molecule has 1 aliphatic rings. The Hall–Kier alpha value is -2.20. The summed E-state index contributed by atoms with van der Waals surface area (Å²) in [5.41, 5.74) is -0.544. The molecule has 2 rings (SSSR count). The number of phenolic OH excluding ortho intramolecular Hbond substituents is 1. The third-order valence-electron chi connectivity index (χ3n) is 3.00. The predicted octanol–water partition coefficient (Wildman–Crippen LogP) is -0.306. The molecule has 20 heavy (non-hydrogen) atoms. The Morgan fingerprint density at radius 1 is 1.45 bits per heavy atom. The van der Waals surface area contributed by atoms with E-state index in [1.165, 1.54) is 12.1 Å². The molecule has 10 heteroatoms. The fourth-order valence-corrected chi connectivity index (χ4v) is 2.75. The Morgan fingerprint density at radius 3 is 2.60 bits per heavy atom. The molecule has 0 aromatic heterocycles. The number of carbonyl (C=O) groups excluding carboxylic acids is 1. The second-order valence-corrected chi connectivity index (χ2v) is 6.19. The van der Waals surface area contributed by atoms with Gasteiger partial charge in [-0.05, 0) is 12.1 Å². The molecule has 1 aromatic rings. The standard InChI is InChI=1S/C10H11N3O6S/c11-20(18,19)7-4-10(15)12(5-7)8-2-1-6(14)3-9(8)13(16)17/h1-3,7,14H,4-5H2,(H2,11,18,19).